The van der Waals surface area contributed by atoms with Gasteiger partial charge in [0.25, 0.3) is 0 Å². The van der Waals surface area contributed by atoms with Crippen LogP contribution >= 0.6 is 0 Å². The second-order valence-corrected chi connectivity index (χ2v) is 9.38. The first-order valence-corrected chi connectivity index (χ1v) is 10.6. The molecule has 5 heteroatoms. The minimum atomic E-state index is -3.74. The highest BCUT2D eigenvalue weighted by Gasteiger charge is 2.39. The van der Waals surface area contributed by atoms with E-state index in [4.69, 9.17) is 0 Å². The SMILES string of the molecule is CN1/C(=C/C=C/C=C2/C(=O)c3ccccc3S2(=O)=O)C(C)(C)c2ccccc21. The molecule has 0 spiro atoms. The molecule has 2 aliphatic heterocycles. The van der Waals surface area contributed by atoms with Crippen molar-refractivity contribution < 1.29 is 13.2 Å². The van der Waals surface area contributed by atoms with Gasteiger partial charge in [0.15, 0.2) is 0 Å². The van der Waals surface area contributed by atoms with Crippen LogP contribution in [-0.2, 0) is 15.3 Å². The number of hydrogen-bond acceptors (Lipinski definition) is 4. The first-order valence-electron chi connectivity index (χ1n) is 9.07. The largest absolute Gasteiger partial charge is 0.347 e. The van der Waals surface area contributed by atoms with Gasteiger partial charge in [0.2, 0.25) is 15.6 Å². The van der Waals surface area contributed by atoms with Crippen LogP contribution in [0.5, 0.6) is 0 Å². The smallest absolute Gasteiger partial charge is 0.211 e. The highest BCUT2D eigenvalue weighted by atomic mass is 32.2. The second-order valence-electron chi connectivity index (χ2n) is 7.50. The van der Waals surface area contributed by atoms with Crippen molar-refractivity contribution in [1.82, 2.24) is 0 Å². The topological polar surface area (TPSA) is 54.5 Å². The molecule has 2 aromatic carbocycles. The van der Waals surface area contributed by atoms with Gasteiger partial charge < -0.3 is 4.90 Å². The summed E-state index contributed by atoms with van der Waals surface area (Å²) >= 11 is 0. The summed E-state index contributed by atoms with van der Waals surface area (Å²) in [6.07, 6.45) is 6.77. The Morgan fingerprint density at radius 2 is 1.57 bits per heavy atom. The number of Topliss-reactive ketones (excluding diaryl/α,β-unsaturated/α-hetero) is 1. The van der Waals surface area contributed by atoms with Gasteiger partial charge in [0.05, 0.1) is 4.90 Å². The second kappa shape index (κ2) is 6.31. The summed E-state index contributed by atoms with van der Waals surface area (Å²) in [5.41, 5.74) is 3.60. The zero-order valence-electron chi connectivity index (χ0n) is 16.0. The fraction of sp³-hybridized carbons (Fsp3) is 0.174. The number of hydrogen-bond donors (Lipinski definition) is 0. The molecule has 0 saturated carbocycles. The molecule has 4 rings (SSSR count). The molecule has 0 aliphatic carbocycles. The zero-order valence-corrected chi connectivity index (χ0v) is 16.8. The molecule has 0 saturated heterocycles. The Morgan fingerprint density at radius 3 is 2.29 bits per heavy atom. The van der Waals surface area contributed by atoms with E-state index in [1.807, 2.05) is 25.3 Å². The number of carbonyl (C=O) groups excluding carboxylic acids is 1. The molecule has 4 nitrogen and oxygen atoms in total. The minimum Gasteiger partial charge on any atom is -0.347 e. The summed E-state index contributed by atoms with van der Waals surface area (Å²) in [5, 5.41) is 0. The first-order chi connectivity index (χ1) is 13.3. The van der Waals surface area contributed by atoms with E-state index in [1.165, 1.54) is 17.7 Å². The first kappa shape index (κ1) is 18.4. The van der Waals surface area contributed by atoms with Gasteiger partial charge in [-0.1, -0.05) is 56.3 Å². The highest BCUT2D eigenvalue weighted by molar-refractivity contribution is 7.97. The zero-order chi connectivity index (χ0) is 20.1. The van der Waals surface area contributed by atoms with Crippen molar-refractivity contribution >= 4 is 21.3 Å². The van der Waals surface area contributed by atoms with E-state index in [-0.39, 0.29) is 20.8 Å². The monoisotopic (exact) mass is 391 g/mol. The highest BCUT2D eigenvalue weighted by Crippen LogP contribution is 2.46. The van der Waals surface area contributed by atoms with Gasteiger partial charge in [0.1, 0.15) is 4.91 Å². The molecule has 0 atom stereocenters. The van der Waals surface area contributed by atoms with Crippen molar-refractivity contribution in [2.75, 3.05) is 11.9 Å². The molecular weight excluding hydrogens is 370 g/mol. The number of benzene rings is 2. The molecule has 0 bridgehead atoms. The van der Waals surface area contributed by atoms with Gasteiger partial charge >= 0.3 is 0 Å². The summed E-state index contributed by atoms with van der Waals surface area (Å²) in [6.45, 7) is 4.32. The van der Waals surface area contributed by atoms with Crippen LogP contribution < -0.4 is 4.90 Å². The van der Waals surface area contributed by atoms with Crippen LogP contribution in [0.15, 0.2) is 88.3 Å². The molecule has 0 amide bonds. The Hall–Kier alpha value is -2.92. The maximum absolute atomic E-state index is 12.6. The van der Waals surface area contributed by atoms with Crippen molar-refractivity contribution in [2.45, 2.75) is 24.2 Å². The maximum atomic E-state index is 12.6. The standard InChI is InChI=1S/C23H21NO3S/c1-23(2)17-11-5-6-12-18(17)24(3)21(23)15-9-8-14-20-22(25)16-10-4-7-13-19(16)28(20,26)27/h4-15H,1-3H3/b9-8+,20-14-,21-15+. The number of fused-ring (bicyclic) bond motifs is 2. The Morgan fingerprint density at radius 1 is 0.929 bits per heavy atom. The fourth-order valence-electron chi connectivity index (χ4n) is 4.02. The third-order valence-electron chi connectivity index (χ3n) is 5.49. The predicted octanol–water partition coefficient (Wildman–Crippen LogP) is 4.41. The summed E-state index contributed by atoms with van der Waals surface area (Å²) in [6, 6.07) is 14.6. The number of allylic oxidation sites excluding steroid dienone is 6. The molecular formula is C23H21NO3S. The van der Waals surface area contributed by atoms with E-state index in [0.29, 0.717) is 0 Å². The Kier molecular flexibility index (Phi) is 4.16. The molecule has 0 N–H and O–H groups in total. The van der Waals surface area contributed by atoms with Crippen LogP contribution in [0, 0.1) is 0 Å². The van der Waals surface area contributed by atoms with Gasteiger partial charge in [-0.25, -0.2) is 8.42 Å². The molecule has 2 aromatic rings. The third-order valence-corrected chi connectivity index (χ3v) is 7.32. The van der Waals surface area contributed by atoms with Gasteiger partial charge in [-0.3, -0.25) is 4.79 Å². The average Bonchev–Trinajstić information content (AvgIpc) is 2.99. The van der Waals surface area contributed by atoms with Crippen LogP contribution in [0.3, 0.4) is 0 Å². The third kappa shape index (κ3) is 2.58. The van der Waals surface area contributed by atoms with Crippen molar-refractivity contribution in [3.05, 3.63) is 94.6 Å². The number of sulfone groups is 1. The van der Waals surface area contributed by atoms with Gasteiger partial charge in [-0.2, -0.15) is 0 Å². The van der Waals surface area contributed by atoms with Gasteiger partial charge in [0, 0.05) is 29.4 Å². The summed E-state index contributed by atoms with van der Waals surface area (Å²) in [7, 11) is -1.72. The van der Waals surface area contributed by atoms with Crippen LogP contribution in [0.25, 0.3) is 0 Å². The van der Waals surface area contributed by atoms with E-state index < -0.39 is 15.6 Å². The molecule has 0 unspecified atom stereocenters. The number of rotatable bonds is 2. The maximum Gasteiger partial charge on any atom is 0.211 e. The van der Waals surface area contributed by atoms with Crippen LogP contribution in [-0.4, -0.2) is 21.2 Å². The number of para-hydroxylation sites is 1. The molecule has 2 heterocycles. The lowest BCUT2D eigenvalue weighted by molar-refractivity contribution is 0.104. The number of likely N-dealkylation sites (N-methyl/N-ethyl adjacent to an activating group) is 1. The van der Waals surface area contributed by atoms with Crippen molar-refractivity contribution in [3.63, 3.8) is 0 Å². The van der Waals surface area contributed by atoms with Crippen molar-refractivity contribution in [1.29, 1.82) is 0 Å². The number of anilines is 1. The van der Waals surface area contributed by atoms with Crippen molar-refractivity contribution in [3.8, 4) is 0 Å². The van der Waals surface area contributed by atoms with E-state index in [1.54, 1.807) is 30.4 Å². The lowest BCUT2D eigenvalue weighted by atomic mass is 9.84. The normalized spacial score (nSPS) is 22.2. The lowest BCUT2D eigenvalue weighted by Gasteiger charge is -2.23. The summed E-state index contributed by atoms with van der Waals surface area (Å²) in [5.74, 6) is -0.446. The Balaban J connectivity index is 1.66. The van der Waals surface area contributed by atoms with Crippen LogP contribution in [0.1, 0.15) is 29.8 Å². The minimum absolute atomic E-state index is 0.0881. The number of nitrogens with zero attached hydrogens (tertiary/aromatic N) is 1. The number of ketones is 1. The predicted molar refractivity (Wildman–Crippen MR) is 111 cm³/mol. The summed E-state index contributed by atoms with van der Waals surface area (Å²) < 4.78 is 25.2. The molecule has 0 fully saturated rings. The fourth-order valence-corrected chi connectivity index (χ4v) is 5.58. The lowest BCUT2D eigenvalue weighted by Crippen LogP contribution is -2.22. The molecule has 0 aromatic heterocycles. The molecule has 142 valence electrons. The van der Waals surface area contributed by atoms with E-state index in [9.17, 15) is 13.2 Å². The molecule has 28 heavy (non-hydrogen) atoms. The van der Waals surface area contributed by atoms with Crippen LogP contribution in [0.2, 0.25) is 0 Å². The van der Waals surface area contributed by atoms with Gasteiger partial charge in [-0.15, -0.1) is 0 Å². The Bertz CT molecular complexity index is 1180. The van der Waals surface area contributed by atoms with E-state index in [2.05, 4.69) is 30.9 Å². The summed E-state index contributed by atoms with van der Waals surface area (Å²) in [4.78, 5) is 14.5. The molecule has 2 aliphatic rings. The number of carbonyl (C=O) groups is 1. The van der Waals surface area contributed by atoms with Crippen molar-refractivity contribution in [2.24, 2.45) is 0 Å². The average molecular weight is 391 g/mol. The Labute approximate surface area is 165 Å². The van der Waals surface area contributed by atoms with Crippen LogP contribution in [0.4, 0.5) is 5.69 Å². The molecule has 0 radical (unpaired) electrons. The van der Waals surface area contributed by atoms with Gasteiger partial charge in [-0.05, 0) is 35.9 Å². The quantitative estimate of drug-likeness (QED) is 0.712. The van der Waals surface area contributed by atoms with E-state index >= 15 is 0 Å². The van der Waals surface area contributed by atoms with E-state index in [0.717, 1.165) is 11.4 Å².